The van der Waals surface area contributed by atoms with Crippen molar-refractivity contribution in [3.63, 3.8) is 0 Å². The Morgan fingerprint density at radius 3 is 2.12 bits per heavy atom. The van der Waals surface area contributed by atoms with Gasteiger partial charge in [0.15, 0.2) is 0 Å². The average molecular weight is 339 g/mol. The third kappa shape index (κ3) is 3.11. The van der Waals surface area contributed by atoms with Crippen LogP contribution in [0.3, 0.4) is 0 Å². The predicted octanol–water partition coefficient (Wildman–Crippen LogP) is -0.0490. The van der Waals surface area contributed by atoms with Crippen molar-refractivity contribution in [2.45, 2.75) is 0 Å². The minimum absolute atomic E-state index is 0.352. The Kier molecular flexibility index (Phi) is 3.82. The number of carbonyl (C=O) groups is 2. The van der Waals surface area contributed by atoms with Crippen LogP contribution in [0.1, 0.15) is 20.7 Å². The second kappa shape index (κ2) is 5.96. The van der Waals surface area contributed by atoms with Crippen molar-refractivity contribution < 1.29 is 9.59 Å². The van der Waals surface area contributed by atoms with Gasteiger partial charge in [0.2, 0.25) is 0 Å². The van der Waals surface area contributed by atoms with Crippen LogP contribution >= 0.6 is 0 Å². The number of carbonyl (C=O) groups excluding carboxylic acids is 2. The van der Waals surface area contributed by atoms with Crippen molar-refractivity contribution in [1.29, 1.82) is 0 Å². The molecule has 1 aliphatic rings. The highest BCUT2D eigenvalue weighted by Gasteiger charge is 2.26. The normalized spacial score (nSPS) is 12.3. The fourth-order valence-electron chi connectivity index (χ4n) is 2.37. The first-order chi connectivity index (χ1) is 11.8. The van der Waals surface area contributed by atoms with Gasteiger partial charge in [-0.25, -0.2) is 4.79 Å². The number of benzene rings is 2. The maximum absolute atomic E-state index is 11.2. The lowest BCUT2D eigenvalue weighted by molar-refractivity contribution is 0.0879. The second-order valence-electron chi connectivity index (χ2n) is 5.30. The number of nitrogens with two attached hydrogens (primary N) is 2. The number of hydrogen-bond donors (Lipinski definition) is 5. The summed E-state index contributed by atoms with van der Waals surface area (Å²) in [4.78, 5) is 48.7. The lowest BCUT2D eigenvalue weighted by Gasteiger charge is -1.96. The van der Waals surface area contributed by atoms with E-state index in [2.05, 4.69) is 15.3 Å². The molecule has 25 heavy (non-hydrogen) atoms. The summed E-state index contributed by atoms with van der Waals surface area (Å²) in [5, 5.41) is 2.56. The zero-order valence-corrected chi connectivity index (χ0v) is 12.8. The number of aromatic nitrogens is 2. The number of aromatic amines is 2. The number of rotatable bonds is 0. The number of imide groups is 1. The third-order valence-electron chi connectivity index (χ3n) is 3.52. The van der Waals surface area contributed by atoms with Gasteiger partial charge in [0.25, 0.3) is 17.4 Å². The molecule has 2 aromatic carbocycles. The minimum Gasteiger partial charge on any atom is -0.399 e. The average Bonchev–Trinajstić information content (AvgIpc) is 2.83. The molecule has 3 aromatic rings. The Morgan fingerprint density at radius 2 is 1.36 bits per heavy atom. The first-order valence-corrected chi connectivity index (χ1v) is 7.12. The fraction of sp³-hybridized carbons (Fsp3) is 0. The van der Waals surface area contributed by atoms with E-state index in [0.717, 1.165) is 0 Å². The molecule has 0 fully saturated rings. The zero-order valence-electron chi connectivity index (χ0n) is 12.8. The summed E-state index contributed by atoms with van der Waals surface area (Å²) in [5.41, 5.74) is 12.2. The maximum Gasteiger partial charge on any atom is 0.326 e. The van der Waals surface area contributed by atoms with Gasteiger partial charge in [0.1, 0.15) is 0 Å². The number of nitrogens with one attached hydrogen (secondary N) is 3. The molecule has 2 amide bonds. The second-order valence-corrected chi connectivity index (χ2v) is 5.30. The predicted molar refractivity (Wildman–Crippen MR) is 92.3 cm³/mol. The van der Waals surface area contributed by atoms with Crippen molar-refractivity contribution in [3.05, 3.63) is 68.4 Å². The Morgan fingerprint density at radius 1 is 0.720 bits per heavy atom. The molecule has 2 heterocycles. The van der Waals surface area contributed by atoms with E-state index >= 15 is 0 Å². The molecular weight excluding hydrogens is 326 g/mol. The summed E-state index contributed by atoms with van der Waals surface area (Å²) in [7, 11) is 0. The van der Waals surface area contributed by atoms with Gasteiger partial charge >= 0.3 is 5.69 Å². The van der Waals surface area contributed by atoms with E-state index in [1.54, 1.807) is 24.3 Å². The van der Waals surface area contributed by atoms with Crippen LogP contribution in [0.25, 0.3) is 10.9 Å². The Bertz CT molecular complexity index is 1130. The van der Waals surface area contributed by atoms with E-state index in [1.165, 1.54) is 12.1 Å². The molecule has 9 nitrogen and oxygen atoms in total. The van der Waals surface area contributed by atoms with Gasteiger partial charge in [-0.3, -0.25) is 24.7 Å². The minimum atomic E-state index is -0.512. The molecule has 0 radical (unpaired) electrons. The van der Waals surface area contributed by atoms with Crippen molar-refractivity contribution in [1.82, 2.24) is 15.3 Å². The van der Waals surface area contributed by atoms with Crippen LogP contribution in [0.15, 0.2) is 46.0 Å². The molecule has 1 aromatic heterocycles. The number of anilines is 2. The van der Waals surface area contributed by atoms with Crippen LogP contribution in [0.2, 0.25) is 0 Å². The molecule has 7 N–H and O–H groups in total. The summed E-state index contributed by atoms with van der Waals surface area (Å²) < 4.78 is 0. The van der Waals surface area contributed by atoms with Gasteiger partial charge in [0.05, 0.1) is 22.0 Å². The highest BCUT2D eigenvalue weighted by molar-refractivity contribution is 6.21. The molecule has 0 unspecified atom stereocenters. The molecule has 9 heteroatoms. The summed E-state index contributed by atoms with van der Waals surface area (Å²) in [5.74, 6) is -0.725. The Balaban J connectivity index is 0.000000146. The summed E-state index contributed by atoms with van der Waals surface area (Å²) in [6.07, 6.45) is 0. The standard InChI is InChI=1S/C8H7N3O2.C8H6N2O2/c9-4-1-2-6-5(3-4)7(12)11-8(13)10-6;9-4-1-2-5-6(3-4)8(12)10-7(5)11/h1-3H,9H2,(H2,10,11,12,13);1-3H,9H2,(H,10,11,12). The monoisotopic (exact) mass is 339 g/mol. The molecule has 126 valence electrons. The molecule has 0 atom stereocenters. The zero-order chi connectivity index (χ0) is 18.1. The van der Waals surface area contributed by atoms with Gasteiger partial charge in [-0.15, -0.1) is 0 Å². The number of H-pyrrole nitrogens is 2. The van der Waals surface area contributed by atoms with Crippen molar-refractivity contribution >= 4 is 34.1 Å². The highest BCUT2D eigenvalue weighted by atomic mass is 16.2. The van der Waals surface area contributed by atoms with E-state index in [9.17, 15) is 19.2 Å². The van der Waals surface area contributed by atoms with Gasteiger partial charge in [-0.2, -0.15) is 0 Å². The summed E-state index contributed by atoms with van der Waals surface area (Å²) in [6, 6.07) is 9.38. The van der Waals surface area contributed by atoms with Crippen LogP contribution in [0.5, 0.6) is 0 Å². The molecular formula is C16H13N5O4. The van der Waals surface area contributed by atoms with Gasteiger partial charge < -0.3 is 16.5 Å². The molecule has 0 saturated carbocycles. The summed E-state index contributed by atoms with van der Waals surface area (Å²) in [6.45, 7) is 0. The van der Waals surface area contributed by atoms with E-state index in [0.29, 0.717) is 33.4 Å². The molecule has 0 spiro atoms. The number of fused-ring (bicyclic) bond motifs is 2. The van der Waals surface area contributed by atoms with E-state index in [1.807, 2.05) is 0 Å². The van der Waals surface area contributed by atoms with Gasteiger partial charge in [-0.05, 0) is 36.4 Å². The van der Waals surface area contributed by atoms with Crippen molar-refractivity contribution in [2.75, 3.05) is 11.5 Å². The largest absolute Gasteiger partial charge is 0.399 e. The van der Waals surface area contributed by atoms with Gasteiger partial charge in [-0.1, -0.05) is 0 Å². The van der Waals surface area contributed by atoms with Crippen LogP contribution < -0.4 is 28.0 Å². The quantitative estimate of drug-likeness (QED) is 0.285. The number of hydrogen-bond acceptors (Lipinski definition) is 6. The first-order valence-electron chi connectivity index (χ1n) is 7.12. The molecule has 4 rings (SSSR count). The van der Waals surface area contributed by atoms with E-state index in [4.69, 9.17) is 11.5 Å². The van der Waals surface area contributed by atoms with Crippen molar-refractivity contribution in [3.8, 4) is 0 Å². The Labute approximate surface area is 139 Å². The lowest BCUT2D eigenvalue weighted by atomic mass is 10.1. The fourth-order valence-corrected chi connectivity index (χ4v) is 2.37. The Hall–Kier alpha value is -3.88. The van der Waals surface area contributed by atoms with Crippen LogP contribution in [-0.4, -0.2) is 21.8 Å². The van der Waals surface area contributed by atoms with E-state index < -0.39 is 11.2 Å². The maximum atomic E-state index is 11.2. The molecule has 1 aliphatic heterocycles. The number of nitrogen functional groups attached to an aromatic ring is 2. The SMILES string of the molecule is Nc1ccc2[nH]c(=O)[nH]c(=O)c2c1.Nc1ccc2c(c1)C(=O)NC2=O. The third-order valence-corrected chi connectivity index (χ3v) is 3.52. The molecule has 0 aliphatic carbocycles. The van der Waals surface area contributed by atoms with Gasteiger partial charge in [0, 0.05) is 11.4 Å². The lowest BCUT2D eigenvalue weighted by Crippen LogP contribution is -2.21. The topological polar surface area (TPSA) is 164 Å². The first kappa shape index (κ1) is 16.0. The summed E-state index contributed by atoms with van der Waals surface area (Å²) >= 11 is 0. The van der Waals surface area contributed by atoms with Crippen LogP contribution in [0.4, 0.5) is 11.4 Å². The van der Waals surface area contributed by atoms with Crippen LogP contribution in [-0.2, 0) is 0 Å². The molecule has 0 bridgehead atoms. The highest BCUT2D eigenvalue weighted by Crippen LogP contribution is 2.17. The van der Waals surface area contributed by atoms with Crippen LogP contribution in [0, 0.1) is 0 Å². The molecule has 0 saturated heterocycles. The smallest absolute Gasteiger partial charge is 0.326 e. The van der Waals surface area contributed by atoms with Crippen molar-refractivity contribution in [2.24, 2.45) is 0 Å². The van der Waals surface area contributed by atoms with E-state index in [-0.39, 0.29) is 11.8 Å². The number of amides is 2.